The van der Waals surface area contributed by atoms with E-state index in [-0.39, 0.29) is 0 Å². The number of nitrogens with zero attached hydrogens (tertiary/aromatic N) is 1. The molecule has 0 aliphatic carbocycles. The Bertz CT molecular complexity index is 211. The Kier molecular flexibility index (Phi) is 8.01. The van der Waals surface area contributed by atoms with Crippen molar-refractivity contribution in [2.45, 2.75) is 66.2 Å². The summed E-state index contributed by atoms with van der Waals surface area (Å²) in [7, 11) is 0. The number of piperidine rings is 1. The highest BCUT2D eigenvalue weighted by atomic mass is 15.1. The molecule has 19 heavy (non-hydrogen) atoms. The molecule has 0 aromatic carbocycles. The quantitative estimate of drug-likeness (QED) is 0.682. The average Bonchev–Trinajstić information content (AvgIpc) is 2.42. The van der Waals surface area contributed by atoms with Gasteiger partial charge in [-0.05, 0) is 63.2 Å². The third kappa shape index (κ3) is 6.27. The zero-order valence-corrected chi connectivity index (χ0v) is 13.8. The first-order chi connectivity index (χ1) is 9.10. The predicted octanol–water partition coefficient (Wildman–Crippen LogP) is 3.91. The molecule has 1 fully saturated rings. The van der Waals surface area contributed by atoms with Crippen molar-refractivity contribution in [3.8, 4) is 0 Å². The molecule has 1 unspecified atom stereocenters. The van der Waals surface area contributed by atoms with Crippen LogP contribution in [0.4, 0.5) is 0 Å². The van der Waals surface area contributed by atoms with Crippen molar-refractivity contribution < 1.29 is 0 Å². The van der Waals surface area contributed by atoms with E-state index in [1.165, 1.54) is 71.2 Å². The maximum atomic E-state index is 3.58. The molecule has 1 aliphatic rings. The summed E-state index contributed by atoms with van der Waals surface area (Å²) in [6.45, 7) is 15.9. The zero-order chi connectivity index (χ0) is 14.1. The summed E-state index contributed by atoms with van der Waals surface area (Å²) < 4.78 is 0. The molecule has 114 valence electrons. The van der Waals surface area contributed by atoms with E-state index in [0.717, 1.165) is 5.92 Å². The van der Waals surface area contributed by atoms with Gasteiger partial charge in [0.25, 0.3) is 0 Å². The van der Waals surface area contributed by atoms with Gasteiger partial charge in [0.15, 0.2) is 0 Å². The predicted molar refractivity (Wildman–Crippen MR) is 85.6 cm³/mol. The molecule has 1 atom stereocenters. The molecule has 1 aliphatic heterocycles. The van der Waals surface area contributed by atoms with Crippen molar-refractivity contribution in [3.05, 3.63) is 0 Å². The van der Waals surface area contributed by atoms with Crippen LogP contribution in [0.5, 0.6) is 0 Å². The van der Waals surface area contributed by atoms with Gasteiger partial charge in [-0.3, -0.25) is 0 Å². The van der Waals surface area contributed by atoms with Gasteiger partial charge in [0.05, 0.1) is 0 Å². The van der Waals surface area contributed by atoms with Crippen LogP contribution in [-0.2, 0) is 0 Å². The molecule has 1 N–H and O–H groups in total. The Morgan fingerprint density at radius 2 is 1.74 bits per heavy atom. The molecule has 0 spiro atoms. The van der Waals surface area contributed by atoms with E-state index in [9.17, 15) is 0 Å². The van der Waals surface area contributed by atoms with E-state index in [2.05, 4.69) is 37.9 Å². The second-order valence-electron chi connectivity index (χ2n) is 7.02. The molecular weight excluding hydrogens is 232 g/mol. The minimum atomic E-state index is 0.453. The molecule has 0 radical (unpaired) electrons. The van der Waals surface area contributed by atoms with Gasteiger partial charge < -0.3 is 10.2 Å². The van der Waals surface area contributed by atoms with E-state index in [1.54, 1.807) is 0 Å². The first kappa shape index (κ1) is 17.0. The van der Waals surface area contributed by atoms with Gasteiger partial charge >= 0.3 is 0 Å². The van der Waals surface area contributed by atoms with Gasteiger partial charge in [-0.15, -0.1) is 0 Å². The van der Waals surface area contributed by atoms with Crippen molar-refractivity contribution in [2.24, 2.45) is 11.3 Å². The lowest BCUT2D eigenvalue weighted by Crippen LogP contribution is -2.45. The van der Waals surface area contributed by atoms with E-state index in [1.807, 2.05) is 0 Å². The maximum absolute atomic E-state index is 3.58. The van der Waals surface area contributed by atoms with Gasteiger partial charge in [-0.25, -0.2) is 0 Å². The van der Waals surface area contributed by atoms with Crippen LogP contribution >= 0.6 is 0 Å². The highest BCUT2D eigenvalue weighted by molar-refractivity contribution is 4.85. The highest BCUT2D eigenvalue weighted by Gasteiger charge is 2.31. The maximum Gasteiger partial charge on any atom is 0.00358 e. The van der Waals surface area contributed by atoms with E-state index < -0.39 is 0 Å². The minimum absolute atomic E-state index is 0.453. The second kappa shape index (κ2) is 8.97. The first-order valence-electron chi connectivity index (χ1n) is 8.53. The number of hydrogen-bond donors (Lipinski definition) is 1. The molecule has 1 saturated heterocycles. The van der Waals surface area contributed by atoms with Crippen LogP contribution in [0, 0.1) is 11.3 Å². The number of hydrogen-bond acceptors (Lipinski definition) is 2. The molecule has 0 amide bonds. The monoisotopic (exact) mass is 268 g/mol. The molecule has 2 heteroatoms. The van der Waals surface area contributed by atoms with E-state index >= 15 is 0 Å². The molecule has 0 aromatic rings. The SMILES string of the molecule is CCCCN(CCCC)CC(C)(C)C1CCCNC1. The lowest BCUT2D eigenvalue weighted by atomic mass is 9.74. The van der Waals surface area contributed by atoms with Crippen molar-refractivity contribution >= 4 is 0 Å². The van der Waals surface area contributed by atoms with Crippen molar-refractivity contribution in [1.29, 1.82) is 0 Å². The fraction of sp³-hybridized carbons (Fsp3) is 1.00. The summed E-state index contributed by atoms with van der Waals surface area (Å²) in [6, 6.07) is 0. The Labute approximate surface area is 121 Å². The topological polar surface area (TPSA) is 15.3 Å². The smallest absolute Gasteiger partial charge is 0.00358 e. The van der Waals surface area contributed by atoms with Crippen molar-refractivity contribution in [2.75, 3.05) is 32.7 Å². The summed E-state index contributed by atoms with van der Waals surface area (Å²) >= 11 is 0. The number of unbranched alkanes of at least 4 members (excludes halogenated alkanes) is 2. The fourth-order valence-electron chi connectivity index (χ4n) is 3.26. The summed E-state index contributed by atoms with van der Waals surface area (Å²) in [4.78, 5) is 2.72. The van der Waals surface area contributed by atoms with Gasteiger partial charge in [0.2, 0.25) is 0 Å². The van der Waals surface area contributed by atoms with Crippen LogP contribution in [0.2, 0.25) is 0 Å². The second-order valence-corrected chi connectivity index (χ2v) is 7.02. The molecular formula is C17H36N2. The average molecular weight is 268 g/mol. The van der Waals surface area contributed by atoms with Crippen LogP contribution in [-0.4, -0.2) is 37.6 Å². The molecule has 0 aromatic heterocycles. The third-order valence-electron chi connectivity index (χ3n) is 4.69. The first-order valence-corrected chi connectivity index (χ1v) is 8.53. The number of nitrogens with one attached hydrogen (secondary N) is 1. The van der Waals surface area contributed by atoms with Crippen LogP contribution < -0.4 is 5.32 Å². The van der Waals surface area contributed by atoms with E-state index in [0.29, 0.717) is 5.41 Å². The lowest BCUT2D eigenvalue weighted by molar-refractivity contribution is 0.0983. The molecule has 1 heterocycles. The molecule has 1 rings (SSSR count). The Morgan fingerprint density at radius 3 is 2.21 bits per heavy atom. The Morgan fingerprint density at radius 1 is 1.11 bits per heavy atom. The summed E-state index contributed by atoms with van der Waals surface area (Å²) in [5.74, 6) is 0.854. The van der Waals surface area contributed by atoms with Gasteiger partial charge in [-0.2, -0.15) is 0 Å². The highest BCUT2D eigenvalue weighted by Crippen LogP contribution is 2.32. The van der Waals surface area contributed by atoms with E-state index in [4.69, 9.17) is 0 Å². The third-order valence-corrected chi connectivity index (χ3v) is 4.69. The van der Waals surface area contributed by atoms with Crippen molar-refractivity contribution in [3.63, 3.8) is 0 Å². The normalized spacial score (nSPS) is 21.0. The summed E-state index contributed by atoms with van der Waals surface area (Å²) in [5.41, 5.74) is 0.453. The molecule has 2 nitrogen and oxygen atoms in total. The van der Waals surface area contributed by atoms with Crippen LogP contribution in [0.1, 0.15) is 66.2 Å². The van der Waals surface area contributed by atoms with Crippen LogP contribution in [0.25, 0.3) is 0 Å². The zero-order valence-electron chi connectivity index (χ0n) is 13.8. The van der Waals surface area contributed by atoms with Crippen LogP contribution in [0.15, 0.2) is 0 Å². The van der Waals surface area contributed by atoms with Gasteiger partial charge in [-0.1, -0.05) is 40.5 Å². The molecule has 0 bridgehead atoms. The standard InChI is InChI=1S/C17H36N2/c1-5-7-12-19(13-8-6-2)15-17(3,4)16-10-9-11-18-14-16/h16,18H,5-15H2,1-4H3. The summed E-state index contributed by atoms with van der Waals surface area (Å²) in [6.07, 6.45) is 8.10. The fourth-order valence-corrected chi connectivity index (χ4v) is 3.26. The Balaban J connectivity index is 2.48. The van der Waals surface area contributed by atoms with Crippen LogP contribution in [0.3, 0.4) is 0 Å². The van der Waals surface area contributed by atoms with Crippen molar-refractivity contribution in [1.82, 2.24) is 10.2 Å². The Hall–Kier alpha value is -0.0800. The number of rotatable bonds is 9. The van der Waals surface area contributed by atoms with Gasteiger partial charge in [0, 0.05) is 6.54 Å². The van der Waals surface area contributed by atoms with Gasteiger partial charge in [0.1, 0.15) is 0 Å². The summed E-state index contributed by atoms with van der Waals surface area (Å²) in [5, 5.41) is 3.58. The molecule has 0 saturated carbocycles. The largest absolute Gasteiger partial charge is 0.316 e. The lowest BCUT2D eigenvalue weighted by Gasteiger charge is -2.41. The minimum Gasteiger partial charge on any atom is -0.316 e.